The van der Waals surface area contributed by atoms with Crippen LogP contribution in [-0.4, -0.2) is 30.0 Å². The first-order valence-electron chi connectivity index (χ1n) is 4.41. The second kappa shape index (κ2) is 4.83. The lowest BCUT2D eigenvalue weighted by Crippen LogP contribution is -2.21. The predicted molar refractivity (Wildman–Crippen MR) is 53.4 cm³/mol. The molecule has 0 radical (unpaired) electrons. The number of phenols is 1. The first-order valence-corrected chi connectivity index (χ1v) is 4.41. The Kier molecular flexibility index (Phi) is 3.73. The molecule has 4 heteroatoms. The average Bonchev–Trinajstić information content (AvgIpc) is 2.18. The first-order chi connectivity index (χ1) is 6.67. The third-order valence-corrected chi connectivity index (χ3v) is 1.99. The molecule has 0 spiro atoms. The van der Waals surface area contributed by atoms with Crippen LogP contribution in [0.4, 0.5) is 0 Å². The quantitative estimate of drug-likeness (QED) is 0.647. The monoisotopic (exact) mass is 197 g/mol. The molecular weight excluding hydrogens is 182 g/mol. The van der Waals surface area contributed by atoms with Crippen molar-refractivity contribution >= 4 is 0 Å². The Balaban J connectivity index is 2.76. The van der Waals surface area contributed by atoms with Crippen molar-refractivity contribution in [1.29, 1.82) is 0 Å². The Labute approximate surface area is 82.9 Å². The Morgan fingerprint density at radius 2 is 2.21 bits per heavy atom. The van der Waals surface area contributed by atoms with Gasteiger partial charge in [0.1, 0.15) is 0 Å². The Bertz CT molecular complexity index is 301. The molecule has 0 aromatic heterocycles. The standard InChI is InChI=1S/C10H15NO3/c1-14-10-3-2-7(5-9(10)13)4-8(12)6-11/h2-3,5,8,12-13H,4,6,11H2,1H3. The van der Waals surface area contributed by atoms with Gasteiger partial charge in [0.25, 0.3) is 0 Å². The van der Waals surface area contributed by atoms with Crippen molar-refractivity contribution < 1.29 is 14.9 Å². The van der Waals surface area contributed by atoms with E-state index in [4.69, 9.17) is 10.5 Å². The minimum Gasteiger partial charge on any atom is -0.504 e. The number of aromatic hydroxyl groups is 1. The summed E-state index contributed by atoms with van der Waals surface area (Å²) in [5, 5.41) is 18.7. The molecule has 1 aromatic carbocycles. The van der Waals surface area contributed by atoms with Crippen LogP contribution in [0.5, 0.6) is 11.5 Å². The van der Waals surface area contributed by atoms with Crippen molar-refractivity contribution in [1.82, 2.24) is 0 Å². The highest BCUT2D eigenvalue weighted by atomic mass is 16.5. The van der Waals surface area contributed by atoms with Crippen LogP contribution in [0.15, 0.2) is 18.2 Å². The number of nitrogens with two attached hydrogens (primary N) is 1. The summed E-state index contributed by atoms with van der Waals surface area (Å²) in [5.41, 5.74) is 6.11. The molecule has 1 aromatic rings. The molecule has 0 amide bonds. The molecule has 1 unspecified atom stereocenters. The maximum absolute atomic E-state index is 9.44. The summed E-state index contributed by atoms with van der Waals surface area (Å²) in [5.74, 6) is 0.505. The smallest absolute Gasteiger partial charge is 0.160 e. The fourth-order valence-corrected chi connectivity index (χ4v) is 1.22. The Morgan fingerprint density at radius 1 is 1.50 bits per heavy atom. The van der Waals surface area contributed by atoms with Crippen LogP contribution in [0, 0.1) is 0 Å². The Morgan fingerprint density at radius 3 is 2.71 bits per heavy atom. The molecule has 0 aliphatic rings. The first kappa shape index (κ1) is 10.8. The molecule has 4 nitrogen and oxygen atoms in total. The summed E-state index contributed by atoms with van der Waals surface area (Å²) in [6, 6.07) is 5.02. The van der Waals surface area contributed by atoms with E-state index in [1.54, 1.807) is 18.2 Å². The number of rotatable bonds is 4. The molecule has 0 aliphatic heterocycles. The number of aliphatic hydroxyl groups is 1. The number of ether oxygens (including phenoxy) is 1. The van der Waals surface area contributed by atoms with E-state index < -0.39 is 6.10 Å². The Hall–Kier alpha value is -1.26. The van der Waals surface area contributed by atoms with Crippen LogP contribution < -0.4 is 10.5 Å². The van der Waals surface area contributed by atoms with Gasteiger partial charge in [0.2, 0.25) is 0 Å². The largest absolute Gasteiger partial charge is 0.504 e. The molecule has 0 aliphatic carbocycles. The summed E-state index contributed by atoms with van der Waals surface area (Å²) in [4.78, 5) is 0. The van der Waals surface area contributed by atoms with Crippen molar-refractivity contribution in [3.8, 4) is 11.5 Å². The fraction of sp³-hybridized carbons (Fsp3) is 0.400. The molecule has 4 N–H and O–H groups in total. The van der Waals surface area contributed by atoms with E-state index in [0.29, 0.717) is 12.2 Å². The number of phenolic OH excluding ortho intramolecular Hbond substituents is 1. The van der Waals surface area contributed by atoms with Gasteiger partial charge >= 0.3 is 0 Å². The van der Waals surface area contributed by atoms with Crippen LogP contribution in [0.25, 0.3) is 0 Å². The lowest BCUT2D eigenvalue weighted by Gasteiger charge is -2.09. The molecule has 1 atom stereocenters. The van der Waals surface area contributed by atoms with Gasteiger partial charge in [0.15, 0.2) is 11.5 Å². The van der Waals surface area contributed by atoms with Gasteiger partial charge in [-0.3, -0.25) is 0 Å². The third-order valence-electron chi connectivity index (χ3n) is 1.99. The van der Waals surface area contributed by atoms with Crippen LogP contribution in [0.2, 0.25) is 0 Å². The highest BCUT2D eigenvalue weighted by Gasteiger charge is 2.06. The number of methoxy groups -OCH3 is 1. The summed E-state index contributed by atoms with van der Waals surface area (Å²) in [6.07, 6.45) is -0.128. The van der Waals surface area contributed by atoms with E-state index in [2.05, 4.69) is 0 Å². The zero-order valence-electron chi connectivity index (χ0n) is 8.10. The van der Waals surface area contributed by atoms with Crippen LogP contribution in [0.3, 0.4) is 0 Å². The summed E-state index contributed by atoms with van der Waals surface area (Å²) in [7, 11) is 1.49. The zero-order valence-corrected chi connectivity index (χ0v) is 8.10. The third kappa shape index (κ3) is 2.61. The fourth-order valence-electron chi connectivity index (χ4n) is 1.22. The maximum Gasteiger partial charge on any atom is 0.160 e. The molecule has 0 heterocycles. The molecular formula is C10H15NO3. The van der Waals surface area contributed by atoms with E-state index in [-0.39, 0.29) is 12.3 Å². The van der Waals surface area contributed by atoms with Crippen molar-refractivity contribution in [3.63, 3.8) is 0 Å². The van der Waals surface area contributed by atoms with Gasteiger partial charge in [0, 0.05) is 6.54 Å². The maximum atomic E-state index is 9.44. The van der Waals surface area contributed by atoms with Crippen LogP contribution in [0.1, 0.15) is 5.56 Å². The summed E-state index contributed by atoms with van der Waals surface area (Å²) >= 11 is 0. The van der Waals surface area contributed by atoms with E-state index in [9.17, 15) is 10.2 Å². The molecule has 0 saturated carbocycles. The topological polar surface area (TPSA) is 75.7 Å². The molecule has 14 heavy (non-hydrogen) atoms. The van der Waals surface area contributed by atoms with E-state index in [0.717, 1.165) is 5.56 Å². The molecule has 78 valence electrons. The molecule has 0 fully saturated rings. The highest BCUT2D eigenvalue weighted by molar-refractivity contribution is 5.41. The normalized spacial score (nSPS) is 12.5. The second-order valence-corrected chi connectivity index (χ2v) is 3.10. The van der Waals surface area contributed by atoms with Crippen molar-refractivity contribution in [3.05, 3.63) is 23.8 Å². The second-order valence-electron chi connectivity index (χ2n) is 3.10. The zero-order chi connectivity index (χ0) is 10.6. The SMILES string of the molecule is COc1ccc(CC(O)CN)cc1O. The van der Waals surface area contributed by atoms with E-state index in [1.165, 1.54) is 7.11 Å². The summed E-state index contributed by atoms with van der Waals surface area (Å²) in [6.45, 7) is 0.215. The number of aliphatic hydroxyl groups excluding tert-OH is 1. The molecule has 0 saturated heterocycles. The number of hydrogen-bond acceptors (Lipinski definition) is 4. The van der Waals surface area contributed by atoms with E-state index in [1.807, 2.05) is 0 Å². The van der Waals surface area contributed by atoms with Gasteiger partial charge < -0.3 is 20.7 Å². The van der Waals surface area contributed by atoms with Gasteiger partial charge in [-0.2, -0.15) is 0 Å². The highest BCUT2D eigenvalue weighted by Crippen LogP contribution is 2.26. The molecule has 0 bridgehead atoms. The van der Waals surface area contributed by atoms with Crippen LogP contribution >= 0.6 is 0 Å². The van der Waals surface area contributed by atoms with Gasteiger partial charge in [-0.05, 0) is 24.1 Å². The van der Waals surface area contributed by atoms with Gasteiger partial charge in [-0.1, -0.05) is 6.07 Å². The van der Waals surface area contributed by atoms with Gasteiger partial charge in [-0.25, -0.2) is 0 Å². The lowest BCUT2D eigenvalue weighted by molar-refractivity contribution is 0.183. The van der Waals surface area contributed by atoms with Crippen molar-refractivity contribution in [2.75, 3.05) is 13.7 Å². The average molecular weight is 197 g/mol. The van der Waals surface area contributed by atoms with Gasteiger partial charge in [-0.15, -0.1) is 0 Å². The number of hydrogen-bond donors (Lipinski definition) is 3. The van der Waals surface area contributed by atoms with E-state index >= 15 is 0 Å². The number of benzene rings is 1. The molecule has 1 rings (SSSR count). The van der Waals surface area contributed by atoms with Gasteiger partial charge in [0.05, 0.1) is 13.2 Å². The van der Waals surface area contributed by atoms with Crippen LogP contribution in [-0.2, 0) is 6.42 Å². The lowest BCUT2D eigenvalue weighted by atomic mass is 10.1. The minimum absolute atomic E-state index is 0.0780. The predicted octanol–water partition coefficient (Wildman–Crippen LogP) is 0.263. The summed E-state index contributed by atoms with van der Waals surface area (Å²) < 4.78 is 4.89. The minimum atomic E-state index is -0.567. The van der Waals surface area contributed by atoms with Crippen molar-refractivity contribution in [2.45, 2.75) is 12.5 Å². The van der Waals surface area contributed by atoms with Crippen molar-refractivity contribution in [2.24, 2.45) is 5.73 Å².